The quantitative estimate of drug-likeness (QED) is 0.831. The lowest BCUT2D eigenvalue weighted by Gasteiger charge is -2.23. The summed E-state index contributed by atoms with van der Waals surface area (Å²) in [4.78, 5) is 36.7. The SMILES string of the molecule is Cc1cnc(CN2CC[C@@]3(C2)NC(=O)N(C(C)C)C3=O)cn1. The molecule has 2 aliphatic heterocycles. The smallest absolute Gasteiger partial charge is 0.322 e. The summed E-state index contributed by atoms with van der Waals surface area (Å²) in [6.45, 7) is 7.52. The van der Waals surface area contributed by atoms with E-state index < -0.39 is 5.54 Å². The third kappa shape index (κ3) is 2.45. The fourth-order valence-corrected chi connectivity index (χ4v) is 3.14. The van der Waals surface area contributed by atoms with Crippen LogP contribution in [0.3, 0.4) is 0 Å². The molecule has 0 unspecified atom stereocenters. The summed E-state index contributed by atoms with van der Waals surface area (Å²) in [6, 6.07) is -0.402. The van der Waals surface area contributed by atoms with E-state index in [-0.39, 0.29) is 18.0 Å². The molecule has 1 atom stereocenters. The van der Waals surface area contributed by atoms with Gasteiger partial charge in [-0.15, -0.1) is 0 Å². The number of nitrogens with one attached hydrogen (secondary N) is 1. The van der Waals surface area contributed by atoms with Crippen molar-refractivity contribution in [1.29, 1.82) is 0 Å². The van der Waals surface area contributed by atoms with Crippen LogP contribution in [0.4, 0.5) is 4.79 Å². The van der Waals surface area contributed by atoms with Gasteiger partial charge in [0.15, 0.2) is 0 Å². The first kappa shape index (κ1) is 14.9. The van der Waals surface area contributed by atoms with Crippen molar-refractivity contribution in [3.8, 4) is 0 Å². The largest absolute Gasteiger partial charge is 0.325 e. The van der Waals surface area contributed by atoms with Crippen LogP contribution in [-0.2, 0) is 11.3 Å². The Morgan fingerprint density at radius 3 is 2.68 bits per heavy atom. The maximum Gasteiger partial charge on any atom is 0.325 e. The molecule has 118 valence electrons. The zero-order valence-corrected chi connectivity index (χ0v) is 13.2. The van der Waals surface area contributed by atoms with Crippen LogP contribution in [0.1, 0.15) is 31.7 Å². The predicted octanol–water partition coefficient (Wildman–Crippen LogP) is 0.690. The van der Waals surface area contributed by atoms with Crippen molar-refractivity contribution in [2.75, 3.05) is 13.1 Å². The van der Waals surface area contributed by atoms with Gasteiger partial charge in [-0.3, -0.25) is 24.6 Å². The van der Waals surface area contributed by atoms with Gasteiger partial charge in [0.1, 0.15) is 5.54 Å². The van der Waals surface area contributed by atoms with Crippen LogP contribution < -0.4 is 5.32 Å². The van der Waals surface area contributed by atoms with Crippen LogP contribution in [0.25, 0.3) is 0 Å². The van der Waals surface area contributed by atoms with Gasteiger partial charge in [-0.2, -0.15) is 0 Å². The van der Waals surface area contributed by atoms with Gasteiger partial charge in [-0.05, 0) is 27.2 Å². The second kappa shape index (κ2) is 5.31. The van der Waals surface area contributed by atoms with E-state index in [4.69, 9.17) is 0 Å². The number of hydrogen-bond acceptors (Lipinski definition) is 5. The fraction of sp³-hybridized carbons (Fsp3) is 0.600. The molecule has 2 saturated heterocycles. The molecule has 0 aromatic carbocycles. The van der Waals surface area contributed by atoms with E-state index in [1.807, 2.05) is 20.8 Å². The average Bonchev–Trinajstić information content (AvgIpc) is 2.95. The predicted molar refractivity (Wildman–Crippen MR) is 79.9 cm³/mol. The number of likely N-dealkylation sites (tertiary alicyclic amines) is 1. The number of carbonyl (C=O) groups is 2. The lowest BCUT2D eigenvalue weighted by Crippen LogP contribution is -2.49. The van der Waals surface area contributed by atoms with Crippen LogP contribution >= 0.6 is 0 Å². The van der Waals surface area contributed by atoms with E-state index in [9.17, 15) is 9.59 Å². The van der Waals surface area contributed by atoms with Crippen molar-refractivity contribution >= 4 is 11.9 Å². The summed E-state index contributed by atoms with van der Waals surface area (Å²) >= 11 is 0. The third-order valence-electron chi connectivity index (χ3n) is 4.28. The molecule has 7 heteroatoms. The summed E-state index contributed by atoms with van der Waals surface area (Å²) in [5.41, 5.74) is 0.993. The first-order valence-electron chi connectivity index (χ1n) is 7.57. The molecule has 0 bridgehead atoms. The number of rotatable bonds is 3. The second-order valence-electron chi connectivity index (χ2n) is 6.39. The molecular formula is C15H21N5O2. The van der Waals surface area contributed by atoms with Crippen molar-refractivity contribution in [3.05, 3.63) is 23.8 Å². The Kier molecular flexibility index (Phi) is 3.60. The molecule has 0 saturated carbocycles. The molecule has 1 spiro atoms. The van der Waals surface area contributed by atoms with Crippen LogP contribution in [-0.4, -0.2) is 56.4 Å². The monoisotopic (exact) mass is 303 g/mol. The standard InChI is InChI=1S/C15H21N5O2/c1-10(2)20-13(21)15(18-14(20)22)4-5-19(9-15)8-12-7-16-11(3)6-17-12/h6-7,10H,4-5,8-9H2,1-3H3,(H,18,22)/t15-/m0/s1. The Labute approximate surface area is 129 Å². The van der Waals surface area contributed by atoms with Gasteiger partial charge in [-0.1, -0.05) is 0 Å². The van der Waals surface area contributed by atoms with Crippen molar-refractivity contribution in [2.24, 2.45) is 0 Å². The molecule has 7 nitrogen and oxygen atoms in total. The highest BCUT2D eigenvalue weighted by Crippen LogP contribution is 2.30. The van der Waals surface area contributed by atoms with E-state index in [1.54, 1.807) is 12.4 Å². The molecule has 0 aliphatic carbocycles. The lowest BCUT2D eigenvalue weighted by atomic mass is 9.98. The summed E-state index contributed by atoms with van der Waals surface area (Å²) in [5, 5.41) is 2.90. The summed E-state index contributed by atoms with van der Waals surface area (Å²) in [6.07, 6.45) is 4.14. The normalized spacial score (nSPS) is 25.5. The van der Waals surface area contributed by atoms with Crippen molar-refractivity contribution < 1.29 is 9.59 Å². The first-order valence-corrected chi connectivity index (χ1v) is 7.57. The highest BCUT2D eigenvalue weighted by atomic mass is 16.2. The molecule has 1 aromatic rings. The maximum absolute atomic E-state index is 12.6. The van der Waals surface area contributed by atoms with Gasteiger partial charge in [-0.25, -0.2) is 4.79 Å². The molecule has 1 N–H and O–H groups in total. The molecule has 0 radical (unpaired) electrons. The molecule has 22 heavy (non-hydrogen) atoms. The third-order valence-corrected chi connectivity index (χ3v) is 4.28. The number of aromatic nitrogens is 2. The molecular weight excluding hydrogens is 282 g/mol. The number of nitrogens with zero attached hydrogens (tertiary/aromatic N) is 4. The molecule has 1 aromatic heterocycles. The van der Waals surface area contributed by atoms with Crippen molar-refractivity contribution in [2.45, 2.75) is 45.3 Å². The number of amides is 3. The summed E-state index contributed by atoms with van der Waals surface area (Å²) in [7, 11) is 0. The van der Waals surface area contributed by atoms with Crippen molar-refractivity contribution in [3.63, 3.8) is 0 Å². The minimum atomic E-state index is -0.764. The second-order valence-corrected chi connectivity index (χ2v) is 6.39. The van der Waals surface area contributed by atoms with Crippen LogP contribution in [0, 0.1) is 6.92 Å². The van der Waals surface area contributed by atoms with Gasteiger partial charge in [0.05, 0.1) is 11.4 Å². The first-order chi connectivity index (χ1) is 10.4. The average molecular weight is 303 g/mol. The van der Waals surface area contributed by atoms with E-state index in [1.165, 1.54) is 4.90 Å². The minimum absolute atomic E-state index is 0.106. The number of urea groups is 1. The van der Waals surface area contributed by atoms with Gasteiger partial charge in [0.2, 0.25) is 0 Å². The Morgan fingerprint density at radius 2 is 2.09 bits per heavy atom. The van der Waals surface area contributed by atoms with Crippen LogP contribution in [0.2, 0.25) is 0 Å². The van der Waals surface area contributed by atoms with E-state index >= 15 is 0 Å². The van der Waals surface area contributed by atoms with E-state index in [0.29, 0.717) is 19.5 Å². The highest BCUT2D eigenvalue weighted by molar-refractivity contribution is 6.07. The van der Waals surface area contributed by atoms with Crippen LogP contribution in [0.5, 0.6) is 0 Å². The molecule has 2 fully saturated rings. The van der Waals surface area contributed by atoms with Gasteiger partial charge in [0, 0.05) is 38.1 Å². The molecule has 3 heterocycles. The highest BCUT2D eigenvalue weighted by Gasteiger charge is 2.55. The molecule has 3 rings (SSSR count). The maximum atomic E-state index is 12.6. The Balaban J connectivity index is 1.71. The zero-order valence-electron chi connectivity index (χ0n) is 13.2. The molecule has 3 amide bonds. The summed E-state index contributed by atoms with van der Waals surface area (Å²) < 4.78 is 0. The Hall–Kier alpha value is -2.02. The van der Waals surface area contributed by atoms with E-state index in [0.717, 1.165) is 17.9 Å². The Bertz CT molecular complexity index is 600. The van der Waals surface area contributed by atoms with Gasteiger partial charge < -0.3 is 5.32 Å². The number of aryl methyl sites for hydroxylation is 1. The summed E-state index contributed by atoms with van der Waals surface area (Å²) in [5.74, 6) is -0.106. The Morgan fingerprint density at radius 1 is 1.32 bits per heavy atom. The zero-order chi connectivity index (χ0) is 15.9. The lowest BCUT2D eigenvalue weighted by molar-refractivity contribution is -0.132. The molecule has 2 aliphatic rings. The number of hydrogen-bond donors (Lipinski definition) is 1. The number of carbonyl (C=O) groups excluding carboxylic acids is 2. The van der Waals surface area contributed by atoms with Crippen molar-refractivity contribution in [1.82, 2.24) is 25.1 Å². The van der Waals surface area contributed by atoms with Gasteiger partial charge in [0.25, 0.3) is 5.91 Å². The van der Waals surface area contributed by atoms with Crippen LogP contribution in [0.15, 0.2) is 12.4 Å². The fourth-order valence-electron chi connectivity index (χ4n) is 3.14. The van der Waals surface area contributed by atoms with Gasteiger partial charge >= 0.3 is 6.03 Å². The minimum Gasteiger partial charge on any atom is -0.322 e. The number of imide groups is 1. The van der Waals surface area contributed by atoms with E-state index in [2.05, 4.69) is 20.2 Å². The topological polar surface area (TPSA) is 78.4 Å².